The molecule has 1 aliphatic carbocycles. The fourth-order valence-corrected chi connectivity index (χ4v) is 2.91. The molecule has 1 N–H and O–H groups in total. The maximum absolute atomic E-state index is 11.8. The van der Waals surface area contributed by atoms with Crippen molar-refractivity contribution in [2.75, 3.05) is 0 Å². The fourth-order valence-electron chi connectivity index (χ4n) is 2.78. The molecule has 0 aliphatic heterocycles. The van der Waals surface area contributed by atoms with Crippen LogP contribution in [0.5, 0.6) is 0 Å². The van der Waals surface area contributed by atoms with Crippen molar-refractivity contribution in [1.29, 1.82) is 0 Å². The van der Waals surface area contributed by atoms with Crippen molar-refractivity contribution >= 4 is 17.7 Å². The molecule has 1 aromatic carbocycles. The van der Waals surface area contributed by atoms with E-state index in [4.69, 9.17) is 16.3 Å². The molecule has 1 saturated carbocycles. The Morgan fingerprint density at radius 1 is 1.14 bits per heavy atom. The monoisotopic (exact) mass is 309 g/mol. The second kappa shape index (κ2) is 6.69. The van der Waals surface area contributed by atoms with Gasteiger partial charge in [0.2, 0.25) is 0 Å². The molecule has 1 fully saturated rings. The van der Waals surface area contributed by atoms with Gasteiger partial charge >= 0.3 is 6.09 Å². The van der Waals surface area contributed by atoms with Crippen LogP contribution in [0.2, 0.25) is 5.02 Å². The van der Waals surface area contributed by atoms with Gasteiger partial charge in [-0.3, -0.25) is 0 Å². The van der Waals surface area contributed by atoms with E-state index >= 15 is 0 Å². The van der Waals surface area contributed by atoms with Gasteiger partial charge in [-0.25, -0.2) is 4.79 Å². The number of hydrogen-bond donors (Lipinski definition) is 1. The van der Waals surface area contributed by atoms with Gasteiger partial charge < -0.3 is 10.1 Å². The smallest absolute Gasteiger partial charge is 0.407 e. The molecule has 1 amide bonds. The van der Waals surface area contributed by atoms with Crippen LogP contribution >= 0.6 is 11.6 Å². The number of nitrogens with one attached hydrogen (secondary N) is 1. The predicted octanol–water partition coefficient (Wildman–Crippen LogP) is 4.89. The Hall–Kier alpha value is -1.22. The van der Waals surface area contributed by atoms with Gasteiger partial charge in [-0.2, -0.15) is 0 Å². The number of rotatable bonds is 2. The van der Waals surface area contributed by atoms with Crippen LogP contribution < -0.4 is 5.32 Å². The van der Waals surface area contributed by atoms with Gasteiger partial charge in [0.25, 0.3) is 0 Å². The molecule has 116 valence electrons. The third-order valence-electron chi connectivity index (χ3n) is 3.79. The SMILES string of the molecule is CC(C)(C)OC(=O)NC1CCC(c2ccc(Cl)cc2)CC1. The lowest BCUT2D eigenvalue weighted by Gasteiger charge is -2.30. The van der Waals surface area contributed by atoms with Crippen LogP contribution in [0.25, 0.3) is 0 Å². The summed E-state index contributed by atoms with van der Waals surface area (Å²) in [7, 11) is 0. The summed E-state index contributed by atoms with van der Waals surface area (Å²) in [5.74, 6) is 0.568. The van der Waals surface area contributed by atoms with Crippen LogP contribution in [-0.4, -0.2) is 17.7 Å². The summed E-state index contributed by atoms with van der Waals surface area (Å²) in [5, 5.41) is 3.75. The molecule has 1 aromatic rings. The number of carbonyl (C=O) groups is 1. The number of benzene rings is 1. The van der Waals surface area contributed by atoms with Crippen molar-refractivity contribution in [2.24, 2.45) is 0 Å². The van der Waals surface area contributed by atoms with Crippen LogP contribution in [0.1, 0.15) is 57.9 Å². The zero-order valence-electron chi connectivity index (χ0n) is 13.0. The van der Waals surface area contributed by atoms with Gasteiger partial charge in [-0.15, -0.1) is 0 Å². The van der Waals surface area contributed by atoms with Crippen molar-refractivity contribution in [3.8, 4) is 0 Å². The van der Waals surface area contributed by atoms with Crippen LogP contribution in [0.15, 0.2) is 24.3 Å². The molecule has 3 nitrogen and oxygen atoms in total. The normalized spacial score (nSPS) is 22.7. The first-order chi connectivity index (χ1) is 9.83. The molecule has 0 spiro atoms. The summed E-state index contributed by atoms with van der Waals surface area (Å²) >= 11 is 5.92. The first kappa shape index (κ1) is 16.2. The number of ether oxygens (including phenoxy) is 1. The maximum Gasteiger partial charge on any atom is 0.407 e. The van der Waals surface area contributed by atoms with Crippen LogP contribution in [0.3, 0.4) is 0 Å². The Morgan fingerprint density at radius 3 is 2.24 bits per heavy atom. The summed E-state index contributed by atoms with van der Waals surface area (Å²) in [6.45, 7) is 5.64. The Labute approximate surface area is 132 Å². The number of halogens is 1. The third kappa shape index (κ3) is 5.24. The number of hydrogen-bond acceptors (Lipinski definition) is 2. The second-order valence-electron chi connectivity index (χ2n) is 6.75. The molecule has 0 bridgehead atoms. The Morgan fingerprint density at radius 2 is 1.71 bits per heavy atom. The average Bonchev–Trinajstić information content (AvgIpc) is 2.38. The highest BCUT2D eigenvalue weighted by molar-refractivity contribution is 6.30. The minimum absolute atomic E-state index is 0.225. The molecule has 0 aromatic heterocycles. The van der Waals surface area contributed by atoms with E-state index in [1.807, 2.05) is 32.9 Å². The third-order valence-corrected chi connectivity index (χ3v) is 4.04. The summed E-state index contributed by atoms with van der Waals surface area (Å²) < 4.78 is 5.30. The zero-order chi connectivity index (χ0) is 15.5. The molecule has 21 heavy (non-hydrogen) atoms. The minimum Gasteiger partial charge on any atom is -0.444 e. The lowest BCUT2D eigenvalue weighted by molar-refractivity contribution is 0.0491. The number of carbonyl (C=O) groups excluding carboxylic acids is 1. The predicted molar refractivity (Wildman–Crippen MR) is 85.8 cm³/mol. The van der Waals surface area contributed by atoms with Crippen molar-refractivity contribution in [3.05, 3.63) is 34.9 Å². The van der Waals surface area contributed by atoms with E-state index < -0.39 is 5.60 Å². The molecule has 0 unspecified atom stereocenters. The van der Waals surface area contributed by atoms with Gasteiger partial charge in [-0.1, -0.05) is 23.7 Å². The maximum atomic E-state index is 11.8. The van der Waals surface area contributed by atoms with E-state index in [2.05, 4.69) is 17.4 Å². The van der Waals surface area contributed by atoms with Crippen molar-refractivity contribution in [3.63, 3.8) is 0 Å². The highest BCUT2D eigenvalue weighted by Crippen LogP contribution is 2.33. The molecule has 2 rings (SSSR count). The average molecular weight is 310 g/mol. The van der Waals surface area contributed by atoms with Crippen molar-refractivity contribution in [2.45, 2.75) is 64.0 Å². The molecular formula is C17H24ClNO2. The first-order valence-electron chi connectivity index (χ1n) is 7.58. The zero-order valence-corrected chi connectivity index (χ0v) is 13.7. The number of amides is 1. The van der Waals surface area contributed by atoms with Crippen molar-refractivity contribution < 1.29 is 9.53 Å². The highest BCUT2D eigenvalue weighted by atomic mass is 35.5. The molecule has 0 saturated heterocycles. The lowest BCUT2D eigenvalue weighted by Crippen LogP contribution is -2.40. The van der Waals surface area contributed by atoms with Crippen molar-refractivity contribution in [1.82, 2.24) is 5.32 Å². The van der Waals surface area contributed by atoms with E-state index in [1.165, 1.54) is 5.56 Å². The van der Waals surface area contributed by atoms with Gasteiger partial charge in [-0.05, 0) is 70.1 Å². The molecule has 4 heteroatoms. The van der Waals surface area contributed by atoms with E-state index in [0.29, 0.717) is 5.92 Å². The lowest BCUT2D eigenvalue weighted by atomic mass is 9.82. The van der Waals surface area contributed by atoms with Gasteiger partial charge in [0.1, 0.15) is 5.60 Å². The van der Waals surface area contributed by atoms with Gasteiger partial charge in [0, 0.05) is 11.1 Å². The summed E-state index contributed by atoms with van der Waals surface area (Å²) in [5.41, 5.74) is 0.903. The fraction of sp³-hybridized carbons (Fsp3) is 0.588. The van der Waals surface area contributed by atoms with Crippen LogP contribution in [-0.2, 0) is 4.74 Å². The molecule has 0 heterocycles. The summed E-state index contributed by atoms with van der Waals surface area (Å²) in [4.78, 5) is 11.8. The molecular weight excluding hydrogens is 286 g/mol. The Bertz CT molecular complexity index is 471. The molecule has 1 aliphatic rings. The largest absolute Gasteiger partial charge is 0.444 e. The van der Waals surface area contributed by atoms with E-state index in [1.54, 1.807) is 0 Å². The topological polar surface area (TPSA) is 38.3 Å². The highest BCUT2D eigenvalue weighted by Gasteiger charge is 2.25. The van der Waals surface area contributed by atoms with E-state index in [9.17, 15) is 4.79 Å². The van der Waals surface area contributed by atoms with E-state index in [0.717, 1.165) is 30.7 Å². The first-order valence-corrected chi connectivity index (χ1v) is 7.96. The second-order valence-corrected chi connectivity index (χ2v) is 7.18. The Balaban J connectivity index is 1.80. The van der Waals surface area contributed by atoms with Gasteiger partial charge in [0.05, 0.1) is 0 Å². The summed E-state index contributed by atoms with van der Waals surface area (Å²) in [6, 6.07) is 8.33. The number of alkyl carbamates (subject to hydrolysis) is 1. The minimum atomic E-state index is -0.440. The summed E-state index contributed by atoms with van der Waals surface area (Å²) in [6.07, 6.45) is 3.85. The molecule has 0 atom stereocenters. The quantitative estimate of drug-likeness (QED) is 0.844. The van der Waals surface area contributed by atoms with Crippen LogP contribution in [0, 0.1) is 0 Å². The van der Waals surface area contributed by atoms with Crippen LogP contribution in [0.4, 0.5) is 4.79 Å². The Kier molecular flexibility index (Phi) is 5.15. The van der Waals surface area contributed by atoms with E-state index in [-0.39, 0.29) is 12.1 Å². The van der Waals surface area contributed by atoms with Gasteiger partial charge in [0.15, 0.2) is 0 Å². The standard InChI is InChI=1S/C17H24ClNO2/c1-17(2,3)21-16(20)19-15-10-6-13(7-11-15)12-4-8-14(18)9-5-12/h4-5,8-9,13,15H,6-7,10-11H2,1-3H3,(H,19,20). The molecule has 0 radical (unpaired) electrons.